The summed E-state index contributed by atoms with van der Waals surface area (Å²) >= 11 is 0. The van der Waals surface area contributed by atoms with Crippen LogP contribution >= 0.6 is 0 Å². The molecule has 5 fully saturated rings. The fraction of sp³-hybridized carbons (Fsp3) is 0.963. The van der Waals surface area contributed by atoms with E-state index in [1.54, 1.807) is 0 Å². The van der Waals surface area contributed by atoms with E-state index in [4.69, 9.17) is 0 Å². The summed E-state index contributed by atoms with van der Waals surface area (Å²) in [4.78, 5) is 12.6. The van der Waals surface area contributed by atoms with Gasteiger partial charge in [0.25, 0.3) is 0 Å². The summed E-state index contributed by atoms with van der Waals surface area (Å²) in [5.74, 6) is 3.20. The van der Waals surface area contributed by atoms with Gasteiger partial charge in [0.05, 0.1) is 5.60 Å². The van der Waals surface area contributed by atoms with Crippen molar-refractivity contribution >= 4 is 6.03 Å². The van der Waals surface area contributed by atoms with E-state index in [9.17, 15) is 9.90 Å². The summed E-state index contributed by atoms with van der Waals surface area (Å²) in [6.45, 7) is 5.39. The molecule has 0 aromatic carbocycles. The number of hydrogen-bond acceptors (Lipinski definition) is 2. The summed E-state index contributed by atoms with van der Waals surface area (Å²) in [5.41, 5.74) is -0.262. The second-order valence-electron chi connectivity index (χ2n) is 12.6. The number of amides is 2. The maximum absolute atomic E-state index is 12.6. The van der Waals surface area contributed by atoms with Crippen LogP contribution in [0.1, 0.15) is 110 Å². The van der Waals surface area contributed by atoms with Crippen LogP contribution in [0.25, 0.3) is 0 Å². The van der Waals surface area contributed by atoms with Crippen molar-refractivity contribution in [3.63, 3.8) is 0 Å². The zero-order valence-electron chi connectivity index (χ0n) is 20.1. The zero-order chi connectivity index (χ0) is 21.7. The Balaban J connectivity index is 1.25. The Kier molecular flexibility index (Phi) is 5.85. The van der Waals surface area contributed by atoms with Gasteiger partial charge in [-0.1, -0.05) is 46.0 Å². The van der Waals surface area contributed by atoms with Gasteiger partial charge in [0.2, 0.25) is 0 Å². The maximum Gasteiger partial charge on any atom is 0.315 e. The predicted molar refractivity (Wildman–Crippen MR) is 125 cm³/mol. The molecule has 4 unspecified atom stereocenters. The molecule has 4 nitrogen and oxygen atoms in total. The molecule has 0 saturated heterocycles. The molecule has 5 aliphatic rings. The van der Waals surface area contributed by atoms with Crippen LogP contribution in [0.2, 0.25) is 0 Å². The van der Waals surface area contributed by atoms with Crippen LogP contribution in [-0.4, -0.2) is 29.3 Å². The Morgan fingerprint density at radius 3 is 2.39 bits per heavy atom. The van der Waals surface area contributed by atoms with E-state index >= 15 is 0 Å². The van der Waals surface area contributed by atoms with E-state index in [-0.39, 0.29) is 11.4 Å². The number of carbonyl (C=O) groups excluding carboxylic acids is 1. The lowest BCUT2D eigenvalue weighted by molar-refractivity contribution is -0.149. The molecule has 3 N–H and O–H groups in total. The molecule has 31 heavy (non-hydrogen) atoms. The van der Waals surface area contributed by atoms with Gasteiger partial charge < -0.3 is 15.7 Å². The highest BCUT2D eigenvalue weighted by Crippen LogP contribution is 2.68. The van der Waals surface area contributed by atoms with Crippen LogP contribution in [0.15, 0.2) is 0 Å². The summed E-state index contributed by atoms with van der Waals surface area (Å²) in [6.07, 6.45) is 18.8. The summed E-state index contributed by atoms with van der Waals surface area (Å²) in [5, 5.41) is 18.1. The summed E-state index contributed by atoms with van der Waals surface area (Å²) in [7, 11) is 0. The Morgan fingerprint density at radius 1 is 0.839 bits per heavy atom. The second-order valence-corrected chi connectivity index (χ2v) is 12.6. The largest absolute Gasteiger partial charge is 0.387 e. The van der Waals surface area contributed by atoms with Crippen LogP contribution in [0, 0.1) is 34.5 Å². The average Bonchev–Trinajstić information content (AvgIpc) is 3.04. The molecule has 7 atom stereocenters. The standard InChI is InChI=1S/C27H46N2O2/c1-25-15-7-6-8-19(25)11-12-21-22(25)13-16-26(2)23(21)14-17-27(26,31)18-28-24(30)29-20-9-4-3-5-10-20/h19-23,31H,3-18H2,1-2H3,(H2,28,29,30)/t19?,21?,22?,23?,25-,26-,27+/m0/s1. The third-order valence-corrected chi connectivity index (χ3v) is 11.4. The van der Waals surface area contributed by atoms with E-state index in [1.165, 1.54) is 64.2 Å². The third-order valence-electron chi connectivity index (χ3n) is 11.4. The smallest absolute Gasteiger partial charge is 0.315 e. The Morgan fingerprint density at radius 2 is 1.58 bits per heavy atom. The van der Waals surface area contributed by atoms with Gasteiger partial charge in [-0.25, -0.2) is 4.79 Å². The number of hydrogen-bond donors (Lipinski definition) is 3. The zero-order valence-corrected chi connectivity index (χ0v) is 20.1. The minimum atomic E-state index is -0.753. The van der Waals surface area contributed by atoms with Crippen molar-refractivity contribution in [2.75, 3.05) is 6.54 Å². The first-order chi connectivity index (χ1) is 14.9. The second kappa shape index (κ2) is 8.22. The molecule has 0 aliphatic heterocycles. The lowest BCUT2D eigenvalue weighted by Gasteiger charge is -2.61. The van der Waals surface area contributed by atoms with E-state index in [0.717, 1.165) is 49.9 Å². The highest BCUT2D eigenvalue weighted by Gasteiger charge is 2.64. The minimum absolute atomic E-state index is 0.0514. The first-order valence-corrected chi connectivity index (χ1v) is 13.6. The lowest BCUT2D eigenvalue weighted by Crippen LogP contribution is -2.59. The number of aliphatic hydroxyl groups is 1. The first kappa shape index (κ1) is 22.0. The van der Waals surface area contributed by atoms with Crippen LogP contribution in [0.4, 0.5) is 4.79 Å². The normalized spacial score (nSPS) is 47.7. The van der Waals surface area contributed by atoms with Crippen molar-refractivity contribution in [3.8, 4) is 0 Å². The molecular weight excluding hydrogens is 384 g/mol. The molecule has 0 bridgehead atoms. The Labute approximate surface area is 189 Å². The number of fused-ring (bicyclic) bond motifs is 5. The SMILES string of the molecule is C[C@]12CCCCC1CCC1C2CC[C@@]2(C)C1CC[C@@]2(O)CNC(=O)NC1CCCCC1. The van der Waals surface area contributed by atoms with Gasteiger partial charge in [0, 0.05) is 18.0 Å². The predicted octanol–water partition coefficient (Wildman–Crippen LogP) is 5.78. The number of urea groups is 1. The summed E-state index contributed by atoms with van der Waals surface area (Å²) < 4.78 is 0. The molecule has 0 aromatic heterocycles. The number of carbonyl (C=O) groups is 1. The Hall–Kier alpha value is -0.770. The highest BCUT2D eigenvalue weighted by atomic mass is 16.3. The molecule has 2 amide bonds. The molecular formula is C27H46N2O2. The fourth-order valence-electron chi connectivity index (χ4n) is 9.41. The molecule has 5 aliphatic carbocycles. The van der Waals surface area contributed by atoms with Gasteiger partial charge in [-0.3, -0.25) is 0 Å². The first-order valence-electron chi connectivity index (χ1n) is 13.6. The molecule has 5 rings (SSSR count). The molecule has 176 valence electrons. The van der Waals surface area contributed by atoms with Gasteiger partial charge in [-0.15, -0.1) is 0 Å². The molecule has 0 spiro atoms. The van der Waals surface area contributed by atoms with Gasteiger partial charge in [0.1, 0.15) is 0 Å². The van der Waals surface area contributed by atoms with Crippen LogP contribution in [-0.2, 0) is 0 Å². The molecule has 4 heteroatoms. The quantitative estimate of drug-likeness (QED) is 0.531. The van der Waals surface area contributed by atoms with E-state index in [1.807, 2.05) is 0 Å². The third kappa shape index (κ3) is 3.63. The van der Waals surface area contributed by atoms with Crippen molar-refractivity contribution in [1.82, 2.24) is 10.6 Å². The topological polar surface area (TPSA) is 61.4 Å². The van der Waals surface area contributed by atoms with Crippen molar-refractivity contribution < 1.29 is 9.90 Å². The number of rotatable bonds is 3. The Bertz CT molecular complexity index is 676. The monoisotopic (exact) mass is 430 g/mol. The lowest BCUT2D eigenvalue weighted by atomic mass is 9.44. The molecule has 0 aromatic rings. The maximum atomic E-state index is 12.6. The highest BCUT2D eigenvalue weighted by molar-refractivity contribution is 5.74. The van der Waals surface area contributed by atoms with Crippen LogP contribution < -0.4 is 10.6 Å². The van der Waals surface area contributed by atoms with Crippen LogP contribution in [0.3, 0.4) is 0 Å². The van der Waals surface area contributed by atoms with Gasteiger partial charge in [-0.2, -0.15) is 0 Å². The molecule has 5 saturated carbocycles. The molecule has 0 radical (unpaired) electrons. The van der Waals surface area contributed by atoms with E-state index < -0.39 is 5.60 Å². The summed E-state index contributed by atoms with van der Waals surface area (Å²) in [6, 6.07) is 0.244. The van der Waals surface area contributed by atoms with Crippen molar-refractivity contribution in [3.05, 3.63) is 0 Å². The van der Waals surface area contributed by atoms with Gasteiger partial charge in [0.15, 0.2) is 0 Å². The minimum Gasteiger partial charge on any atom is -0.387 e. The van der Waals surface area contributed by atoms with Gasteiger partial charge in [-0.05, 0) is 93.3 Å². The van der Waals surface area contributed by atoms with E-state index in [2.05, 4.69) is 24.5 Å². The average molecular weight is 431 g/mol. The van der Waals surface area contributed by atoms with Gasteiger partial charge >= 0.3 is 6.03 Å². The van der Waals surface area contributed by atoms with E-state index in [0.29, 0.717) is 23.9 Å². The molecule has 0 heterocycles. The van der Waals surface area contributed by atoms with Crippen molar-refractivity contribution in [2.24, 2.45) is 34.5 Å². The number of nitrogens with one attached hydrogen (secondary N) is 2. The fourth-order valence-corrected chi connectivity index (χ4v) is 9.41. The van der Waals surface area contributed by atoms with Crippen molar-refractivity contribution in [2.45, 2.75) is 122 Å². The van der Waals surface area contributed by atoms with Crippen LogP contribution in [0.5, 0.6) is 0 Å². The van der Waals surface area contributed by atoms with Crippen molar-refractivity contribution in [1.29, 1.82) is 0 Å².